The van der Waals surface area contributed by atoms with Gasteiger partial charge in [0.2, 0.25) is 5.60 Å². The molecule has 1 saturated carbocycles. The number of anilines is 1. The van der Waals surface area contributed by atoms with Crippen LogP contribution in [0.2, 0.25) is 0 Å². The number of H-pyrrole nitrogens is 1. The number of hydrogen-bond acceptors (Lipinski definition) is 10. The van der Waals surface area contributed by atoms with Gasteiger partial charge in [-0.05, 0) is 61.4 Å². The van der Waals surface area contributed by atoms with E-state index in [1.807, 2.05) is 43.1 Å². The Labute approximate surface area is 316 Å². The zero-order valence-electron chi connectivity index (χ0n) is 32.1. The summed E-state index contributed by atoms with van der Waals surface area (Å²) < 4.78 is 17.6. The number of nitrogens with one attached hydrogen (secondary N) is 1. The van der Waals surface area contributed by atoms with E-state index in [9.17, 15) is 15.0 Å². The smallest absolute Gasteiger partial charge is 0.342 e. The molecule has 286 valence electrons. The lowest BCUT2D eigenvalue weighted by atomic mass is 9.47. The first kappa shape index (κ1) is 35.5. The molecule has 9 rings (SSSR count). The fourth-order valence-corrected chi connectivity index (χ4v) is 12.5. The van der Waals surface area contributed by atoms with Gasteiger partial charge in [-0.1, -0.05) is 55.8 Å². The molecule has 6 aliphatic rings. The molecule has 2 bridgehead atoms. The van der Waals surface area contributed by atoms with E-state index >= 15 is 4.79 Å². The Morgan fingerprint density at radius 3 is 2.52 bits per heavy atom. The minimum atomic E-state index is -2.27. The number of aliphatic hydroxyl groups is 2. The zero-order valence-corrected chi connectivity index (χ0v) is 32.1. The minimum absolute atomic E-state index is 0.0475. The van der Waals surface area contributed by atoms with E-state index in [4.69, 9.17) is 14.2 Å². The highest BCUT2D eigenvalue weighted by Crippen LogP contribution is 2.67. The standard InChI is InChI=1S/C43H52N4O7/c1-7-25-18-26-21-42(38(49)53-5,34-28(24-46(22-25)23-26)27-12-9-10-13-31(27)44-34)30-19-29-32(20-33(30)52-4)45(3)36-41(29)15-17-47-16-11-14-40(8-2,35(41)47)37(48)43(36,51)39(50)54-6/h9-14,18-20,26,35-37,44,48,51H,7-8,15-17,21-24H2,1-6H3/t26-,35-,36+,37+,40+,41-,42-,43-/m0/s1. The Morgan fingerprint density at radius 1 is 1.02 bits per heavy atom. The number of methoxy groups -OCH3 is 3. The van der Waals surface area contributed by atoms with Crippen molar-refractivity contribution in [3.63, 3.8) is 0 Å². The van der Waals surface area contributed by atoms with E-state index in [2.05, 4.69) is 52.1 Å². The van der Waals surface area contributed by atoms with E-state index in [-0.39, 0.29) is 17.9 Å². The molecular weight excluding hydrogens is 684 g/mol. The summed E-state index contributed by atoms with van der Waals surface area (Å²) in [6, 6.07) is 11.3. The first-order valence-corrected chi connectivity index (χ1v) is 19.5. The Kier molecular flexibility index (Phi) is 8.01. The number of rotatable bonds is 6. The van der Waals surface area contributed by atoms with Crippen molar-refractivity contribution in [2.45, 2.75) is 80.7 Å². The van der Waals surface area contributed by atoms with Crippen molar-refractivity contribution in [1.82, 2.24) is 14.8 Å². The minimum Gasteiger partial charge on any atom is -0.496 e. The highest BCUT2D eigenvalue weighted by Gasteiger charge is 2.79. The van der Waals surface area contributed by atoms with Crippen LogP contribution in [0.5, 0.6) is 5.75 Å². The van der Waals surface area contributed by atoms with Gasteiger partial charge in [-0.2, -0.15) is 0 Å². The van der Waals surface area contributed by atoms with Crippen LogP contribution in [0, 0.1) is 11.3 Å². The van der Waals surface area contributed by atoms with Crippen molar-refractivity contribution in [3.8, 4) is 5.75 Å². The van der Waals surface area contributed by atoms with Crippen LogP contribution in [0.25, 0.3) is 10.9 Å². The van der Waals surface area contributed by atoms with Crippen LogP contribution in [-0.2, 0) is 36.4 Å². The number of aromatic amines is 1. The van der Waals surface area contributed by atoms with Gasteiger partial charge < -0.3 is 34.3 Å². The molecule has 1 aliphatic carbocycles. The largest absolute Gasteiger partial charge is 0.496 e. The number of benzene rings is 2. The Hall–Kier alpha value is -4.16. The van der Waals surface area contributed by atoms with E-state index in [0.717, 1.165) is 52.9 Å². The number of para-hydroxylation sites is 1. The van der Waals surface area contributed by atoms with Gasteiger partial charge in [0, 0.05) is 84.0 Å². The molecule has 0 amide bonds. The van der Waals surface area contributed by atoms with E-state index in [0.29, 0.717) is 50.2 Å². The van der Waals surface area contributed by atoms with Crippen LogP contribution >= 0.6 is 0 Å². The average molecular weight is 737 g/mol. The number of likely N-dealkylation sites (N-methyl/N-ethyl adjacent to an activating group) is 1. The molecule has 3 N–H and O–H groups in total. The van der Waals surface area contributed by atoms with E-state index in [1.54, 1.807) is 7.11 Å². The summed E-state index contributed by atoms with van der Waals surface area (Å²) >= 11 is 0. The Morgan fingerprint density at radius 2 is 1.80 bits per heavy atom. The predicted octanol–water partition coefficient (Wildman–Crippen LogP) is 4.18. The molecule has 5 aliphatic heterocycles. The molecule has 1 spiro atoms. The molecule has 11 nitrogen and oxygen atoms in total. The number of esters is 2. The number of hydrogen-bond donors (Lipinski definition) is 3. The quantitative estimate of drug-likeness (QED) is 0.251. The van der Waals surface area contributed by atoms with Crippen LogP contribution in [0.4, 0.5) is 5.69 Å². The third-order valence-electron chi connectivity index (χ3n) is 14.5. The molecule has 1 saturated heterocycles. The predicted molar refractivity (Wildman–Crippen MR) is 205 cm³/mol. The maximum absolute atomic E-state index is 15.1. The van der Waals surface area contributed by atoms with E-state index < -0.39 is 40.0 Å². The molecule has 1 unspecified atom stereocenters. The van der Waals surface area contributed by atoms with Crippen molar-refractivity contribution < 1.29 is 34.0 Å². The molecule has 11 heteroatoms. The van der Waals surface area contributed by atoms with Gasteiger partial charge in [-0.15, -0.1) is 0 Å². The van der Waals surface area contributed by atoms with Crippen molar-refractivity contribution in [2.75, 3.05) is 59.5 Å². The summed E-state index contributed by atoms with van der Waals surface area (Å²) in [5, 5.41) is 26.3. The van der Waals surface area contributed by atoms with Gasteiger partial charge in [0.05, 0.1) is 27.4 Å². The molecule has 0 radical (unpaired) electrons. The number of ether oxygens (including phenoxy) is 3. The number of nitrogens with zero attached hydrogens (tertiary/aromatic N) is 3. The third-order valence-corrected chi connectivity index (χ3v) is 14.5. The number of carbonyl (C=O) groups is 2. The lowest BCUT2D eigenvalue weighted by molar-refractivity contribution is -0.218. The number of carbonyl (C=O) groups excluding carboxylic acids is 2. The van der Waals surface area contributed by atoms with Crippen molar-refractivity contribution in [3.05, 3.63) is 82.6 Å². The summed E-state index contributed by atoms with van der Waals surface area (Å²) in [6.07, 6.45) is 7.52. The molecular formula is C43H52N4O7. The van der Waals surface area contributed by atoms with Gasteiger partial charge in [-0.25, -0.2) is 4.79 Å². The van der Waals surface area contributed by atoms with Gasteiger partial charge >= 0.3 is 11.9 Å². The van der Waals surface area contributed by atoms with Crippen LogP contribution in [0.3, 0.4) is 0 Å². The fraction of sp³-hybridized carbons (Fsp3) is 0.535. The lowest BCUT2D eigenvalue weighted by Crippen LogP contribution is -2.80. The normalized spacial score (nSPS) is 36.3. The fourth-order valence-electron chi connectivity index (χ4n) is 12.5. The van der Waals surface area contributed by atoms with Crippen molar-refractivity contribution in [1.29, 1.82) is 0 Å². The molecule has 54 heavy (non-hydrogen) atoms. The number of aromatic nitrogens is 1. The van der Waals surface area contributed by atoms with Gasteiger partial charge in [0.15, 0.2) is 0 Å². The Balaban J connectivity index is 1.37. The SMILES string of the molecule is CCC1=C[C@@H]2CN(C1)Cc1c([nH]c3ccccc13)[C@@](C(=O)OC)(c1cc3c(cc1OC)N(C)[C@H]1[C@@](O)(C(=O)OC)[C@H](O)[C@]4(CC)C=CCN5CC[C@@]31[C@@H]54)C2. The Bertz CT molecular complexity index is 2130. The molecule has 2 aromatic carbocycles. The maximum Gasteiger partial charge on any atom is 0.342 e. The summed E-state index contributed by atoms with van der Waals surface area (Å²) in [5.41, 5.74) is 1.24. The summed E-state index contributed by atoms with van der Waals surface area (Å²) in [5.74, 6) is -0.669. The summed E-state index contributed by atoms with van der Waals surface area (Å²) in [6.45, 7) is 7.97. The van der Waals surface area contributed by atoms with Crippen molar-refractivity contribution in [2.24, 2.45) is 11.3 Å². The second-order valence-electron chi connectivity index (χ2n) is 16.6. The monoisotopic (exact) mass is 736 g/mol. The third kappa shape index (κ3) is 4.21. The summed E-state index contributed by atoms with van der Waals surface area (Å²) in [7, 11) is 6.24. The van der Waals surface area contributed by atoms with Gasteiger partial charge in [0.25, 0.3) is 0 Å². The zero-order chi connectivity index (χ0) is 37.9. The highest BCUT2D eigenvalue weighted by atomic mass is 16.5. The lowest BCUT2D eigenvalue weighted by Gasteiger charge is -2.63. The first-order valence-electron chi connectivity index (χ1n) is 19.5. The molecule has 9 atom stereocenters. The molecule has 3 aromatic rings. The molecule has 2 fully saturated rings. The van der Waals surface area contributed by atoms with Gasteiger partial charge in [0.1, 0.15) is 17.3 Å². The first-order chi connectivity index (χ1) is 26.0. The van der Waals surface area contributed by atoms with Crippen molar-refractivity contribution >= 4 is 28.5 Å². The second-order valence-corrected chi connectivity index (χ2v) is 16.6. The summed E-state index contributed by atoms with van der Waals surface area (Å²) in [4.78, 5) is 39.7. The van der Waals surface area contributed by atoms with Crippen LogP contribution < -0.4 is 9.64 Å². The highest BCUT2D eigenvalue weighted by molar-refractivity contribution is 5.95. The maximum atomic E-state index is 15.1. The second kappa shape index (κ2) is 12.2. The molecule has 1 aromatic heterocycles. The average Bonchev–Trinajstić information content (AvgIpc) is 3.84. The number of fused-ring (bicyclic) bond motifs is 6. The van der Waals surface area contributed by atoms with Crippen LogP contribution in [0.15, 0.2) is 60.2 Å². The van der Waals surface area contributed by atoms with Crippen LogP contribution in [-0.4, -0.2) is 115 Å². The van der Waals surface area contributed by atoms with Crippen LogP contribution in [0.1, 0.15) is 61.9 Å². The van der Waals surface area contributed by atoms with E-state index in [1.165, 1.54) is 19.8 Å². The molecule has 6 heterocycles. The topological polar surface area (TPSA) is 128 Å². The van der Waals surface area contributed by atoms with Gasteiger partial charge in [-0.3, -0.25) is 14.6 Å². The number of aliphatic hydroxyl groups excluding tert-OH is 1.